The molecule has 1 aromatic carbocycles. The van der Waals surface area contributed by atoms with Gasteiger partial charge in [-0.1, -0.05) is 22.0 Å². The van der Waals surface area contributed by atoms with Crippen LogP contribution in [0.3, 0.4) is 0 Å². The van der Waals surface area contributed by atoms with Crippen LogP contribution < -0.4 is 10.5 Å². The summed E-state index contributed by atoms with van der Waals surface area (Å²) >= 11 is 3.43. The van der Waals surface area contributed by atoms with E-state index in [1.807, 2.05) is 29.2 Å². The minimum Gasteiger partial charge on any atom is -0.335 e. The van der Waals surface area contributed by atoms with Gasteiger partial charge >= 0.3 is 0 Å². The lowest BCUT2D eigenvalue weighted by atomic mass is 10.2. The number of benzene rings is 1. The Kier molecular flexibility index (Phi) is 4.62. The molecule has 0 spiro atoms. The van der Waals surface area contributed by atoms with E-state index in [-0.39, 0.29) is 23.6 Å². The molecule has 2 fully saturated rings. The fraction of sp³-hybridized carbons (Fsp3) is 0.286. The Bertz CT molecular complexity index is 1180. The Morgan fingerprint density at radius 2 is 2.00 bits per heavy atom. The van der Waals surface area contributed by atoms with Crippen LogP contribution in [0.5, 0.6) is 0 Å². The fourth-order valence-corrected chi connectivity index (χ4v) is 4.70. The van der Waals surface area contributed by atoms with Crippen LogP contribution in [0.4, 0.5) is 5.95 Å². The molecule has 30 heavy (non-hydrogen) atoms. The number of hydrogen-bond donors (Lipinski definition) is 0. The number of hydrogen-bond acceptors (Lipinski definition) is 6. The lowest BCUT2D eigenvalue weighted by Gasteiger charge is -2.35. The highest BCUT2D eigenvalue weighted by Gasteiger charge is 2.46. The number of rotatable bonds is 3. The molecule has 0 aliphatic carbocycles. The van der Waals surface area contributed by atoms with E-state index < -0.39 is 0 Å². The Morgan fingerprint density at radius 1 is 1.13 bits per heavy atom. The van der Waals surface area contributed by atoms with Gasteiger partial charge in [0.25, 0.3) is 11.5 Å². The summed E-state index contributed by atoms with van der Waals surface area (Å²) in [6, 6.07) is 10.9. The summed E-state index contributed by atoms with van der Waals surface area (Å²) < 4.78 is 2.45. The average Bonchev–Trinajstić information content (AvgIpc) is 3.36. The molecule has 2 atom stereocenters. The van der Waals surface area contributed by atoms with Crippen LogP contribution in [0.15, 0.2) is 58.2 Å². The molecule has 2 aliphatic rings. The van der Waals surface area contributed by atoms with Gasteiger partial charge in [-0.05, 0) is 30.7 Å². The molecular formula is C21H19BrN6O2. The zero-order valence-electron chi connectivity index (χ0n) is 16.3. The molecular weight excluding hydrogens is 448 g/mol. The Labute approximate surface area is 181 Å². The van der Waals surface area contributed by atoms with Gasteiger partial charge in [0.2, 0.25) is 5.95 Å². The van der Waals surface area contributed by atoms with Crippen molar-refractivity contribution in [1.29, 1.82) is 0 Å². The summed E-state index contributed by atoms with van der Waals surface area (Å²) in [5, 5.41) is 0. The summed E-state index contributed by atoms with van der Waals surface area (Å²) in [7, 11) is 1.73. The lowest BCUT2D eigenvalue weighted by Crippen LogP contribution is -2.50. The van der Waals surface area contributed by atoms with Crippen molar-refractivity contribution in [2.45, 2.75) is 18.5 Å². The highest BCUT2D eigenvalue weighted by Crippen LogP contribution is 2.34. The lowest BCUT2D eigenvalue weighted by molar-refractivity contribution is 0.0725. The molecule has 1 amide bonds. The number of aromatic nitrogens is 4. The number of halogens is 1. The first-order valence-corrected chi connectivity index (χ1v) is 10.5. The van der Waals surface area contributed by atoms with E-state index in [2.05, 4.69) is 30.8 Å². The van der Waals surface area contributed by atoms with Crippen molar-refractivity contribution in [2.75, 3.05) is 18.0 Å². The minimum atomic E-state index is -0.140. The molecule has 1 unspecified atom stereocenters. The van der Waals surface area contributed by atoms with E-state index in [1.165, 1.54) is 12.4 Å². The molecule has 3 aromatic rings. The van der Waals surface area contributed by atoms with E-state index in [4.69, 9.17) is 4.98 Å². The van der Waals surface area contributed by atoms with Gasteiger partial charge in [0, 0.05) is 42.4 Å². The molecule has 2 saturated heterocycles. The second-order valence-electron chi connectivity index (χ2n) is 7.60. The van der Waals surface area contributed by atoms with Crippen LogP contribution in [0, 0.1) is 0 Å². The molecule has 152 valence electrons. The molecule has 2 aromatic heterocycles. The van der Waals surface area contributed by atoms with Gasteiger partial charge in [-0.25, -0.2) is 15.0 Å². The SMILES string of the molecule is Cn1c(N2CC3C[C@@H]2CN3C(=O)c2cccc(Br)c2)nc(-c2ccncn2)cc1=O. The van der Waals surface area contributed by atoms with Crippen LogP contribution in [0.25, 0.3) is 11.4 Å². The molecule has 0 N–H and O–H groups in total. The van der Waals surface area contributed by atoms with Crippen molar-refractivity contribution in [2.24, 2.45) is 7.05 Å². The molecule has 0 saturated carbocycles. The van der Waals surface area contributed by atoms with Crippen molar-refractivity contribution < 1.29 is 4.79 Å². The summed E-state index contributed by atoms with van der Waals surface area (Å²) in [5.74, 6) is 0.651. The van der Waals surface area contributed by atoms with Crippen LogP contribution in [0.1, 0.15) is 16.8 Å². The van der Waals surface area contributed by atoms with Gasteiger partial charge in [0.15, 0.2) is 0 Å². The number of carbonyl (C=O) groups is 1. The Morgan fingerprint density at radius 3 is 2.70 bits per heavy atom. The van der Waals surface area contributed by atoms with Crippen molar-refractivity contribution in [1.82, 2.24) is 24.4 Å². The monoisotopic (exact) mass is 466 g/mol. The molecule has 2 aliphatic heterocycles. The summed E-state index contributed by atoms with van der Waals surface area (Å²) in [6.07, 6.45) is 3.94. The van der Waals surface area contributed by atoms with Gasteiger partial charge < -0.3 is 9.80 Å². The molecule has 0 radical (unpaired) electrons. The third-order valence-electron chi connectivity index (χ3n) is 5.79. The van der Waals surface area contributed by atoms with Crippen molar-refractivity contribution in [3.8, 4) is 11.4 Å². The number of fused-ring (bicyclic) bond motifs is 2. The number of anilines is 1. The summed E-state index contributed by atoms with van der Waals surface area (Å²) in [6.45, 7) is 1.27. The summed E-state index contributed by atoms with van der Waals surface area (Å²) in [5.41, 5.74) is 1.68. The highest BCUT2D eigenvalue weighted by molar-refractivity contribution is 9.10. The van der Waals surface area contributed by atoms with E-state index in [9.17, 15) is 9.59 Å². The molecule has 8 nitrogen and oxygen atoms in total. The molecule has 9 heteroatoms. The van der Waals surface area contributed by atoms with Crippen LogP contribution >= 0.6 is 15.9 Å². The largest absolute Gasteiger partial charge is 0.335 e. The van der Waals surface area contributed by atoms with Crippen LogP contribution in [0.2, 0.25) is 0 Å². The van der Waals surface area contributed by atoms with E-state index >= 15 is 0 Å². The number of carbonyl (C=O) groups excluding carboxylic acids is 1. The zero-order valence-corrected chi connectivity index (χ0v) is 17.9. The molecule has 5 rings (SSSR count). The third kappa shape index (κ3) is 3.19. The number of amides is 1. The standard InChI is InChI=1S/C21H19BrN6O2/c1-26-19(29)9-18(17-5-6-23-12-24-17)25-21(26)28-11-15-8-16(28)10-27(15)20(30)13-3-2-4-14(22)7-13/h2-7,9,12,15-16H,8,10-11H2,1H3/t15?,16-/m1/s1. The maximum absolute atomic E-state index is 13.0. The third-order valence-corrected chi connectivity index (χ3v) is 6.28. The van der Waals surface area contributed by atoms with E-state index in [0.717, 1.165) is 10.9 Å². The van der Waals surface area contributed by atoms with E-state index in [0.29, 0.717) is 36.0 Å². The van der Waals surface area contributed by atoms with Gasteiger partial charge in [0.1, 0.15) is 6.33 Å². The predicted octanol–water partition coefficient (Wildman–Crippen LogP) is 2.10. The number of likely N-dealkylation sites (tertiary alicyclic amines) is 1. The molecule has 4 heterocycles. The molecule has 2 bridgehead atoms. The van der Waals surface area contributed by atoms with Gasteiger partial charge in [0.05, 0.1) is 23.5 Å². The first-order chi connectivity index (χ1) is 14.5. The predicted molar refractivity (Wildman–Crippen MR) is 115 cm³/mol. The first kappa shape index (κ1) is 18.9. The van der Waals surface area contributed by atoms with Crippen molar-refractivity contribution in [3.05, 3.63) is 69.3 Å². The van der Waals surface area contributed by atoms with Crippen LogP contribution in [-0.4, -0.2) is 55.5 Å². The normalized spacial score (nSPS) is 20.1. The summed E-state index contributed by atoms with van der Waals surface area (Å²) in [4.78, 5) is 42.5. The van der Waals surface area contributed by atoms with Gasteiger partial charge in [-0.2, -0.15) is 0 Å². The highest BCUT2D eigenvalue weighted by atomic mass is 79.9. The van der Waals surface area contributed by atoms with Crippen molar-refractivity contribution >= 4 is 27.8 Å². The van der Waals surface area contributed by atoms with Gasteiger partial charge in [-0.15, -0.1) is 0 Å². The zero-order chi connectivity index (χ0) is 20.8. The second kappa shape index (κ2) is 7.32. The van der Waals surface area contributed by atoms with Crippen molar-refractivity contribution in [3.63, 3.8) is 0 Å². The number of nitrogens with zero attached hydrogens (tertiary/aromatic N) is 6. The minimum absolute atomic E-state index is 0.0417. The Hall–Kier alpha value is -3.07. The second-order valence-corrected chi connectivity index (χ2v) is 8.51. The smallest absolute Gasteiger partial charge is 0.255 e. The maximum Gasteiger partial charge on any atom is 0.255 e. The van der Waals surface area contributed by atoms with E-state index in [1.54, 1.807) is 23.9 Å². The topological polar surface area (TPSA) is 84.2 Å². The Balaban J connectivity index is 1.42. The van der Waals surface area contributed by atoms with Crippen LogP contribution in [-0.2, 0) is 7.05 Å². The van der Waals surface area contributed by atoms with Gasteiger partial charge in [-0.3, -0.25) is 14.2 Å². The first-order valence-electron chi connectivity index (χ1n) is 9.69. The quantitative estimate of drug-likeness (QED) is 0.587. The fourth-order valence-electron chi connectivity index (χ4n) is 4.31. The average molecular weight is 467 g/mol. The maximum atomic E-state index is 13.0. The number of piperazine rings is 1.